The summed E-state index contributed by atoms with van der Waals surface area (Å²) in [5, 5.41) is 2.71. The molecule has 25 heavy (non-hydrogen) atoms. The average molecular weight is 360 g/mol. The summed E-state index contributed by atoms with van der Waals surface area (Å²) in [6.45, 7) is 1.72. The number of rotatable bonds is 4. The van der Waals surface area contributed by atoms with Gasteiger partial charge in [-0.05, 0) is 49.9 Å². The Morgan fingerprint density at radius 1 is 1.04 bits per heavy atom. The quantitative estimate of drug-likeness (QED) is 0.560. The van der Waals surface area contributed by atoms with Crippen LogP contribution in [0.3, 0.4) is 0 Å². The highest BCUT2D eigenvalue weighted by Gasteiger charge is 2.17. The number of anilines is 1. The molecular formula is C16H16N4O4S. The van der Waals surface area contributed by atoms with E-state index in [0.29, 0.717) is 22.3 Å². The normalized spacial score (nSPS) is 11.6. The summed E-state index contributed by atoms with van der Waals surface area (Å²) < 4.78 is 26.0. The van der Waals surface area contributed by atoms with Gasteiger partial charge in [-0.15, -0.1) is 0 Å². The van der Waals surface area contributed by atoms with Crippen molar-refractivity contribution in [3.05, 3.63) is 58.0 Å². The molecule has 0 aliphatic rings. The van der Waals surface area contributed by atoms with Gasteiger partial charge in [0.05, 0.1) is 15.9 Å². The number of aromatic nitrogens is 2. The molecule has 3 aromatic rings. The minimum atomic E-state index is -3.64. The molecule has 0 atom stereocenters. The molecule has 9 heteroatoms. The summed E-state index contributed by atoms with van der Waals surface area (Å²) in [5.74, 6) is -0.442. The summed E-state index contributed by atoms with van der Waals surface area (Å²) in [6.07, 6.45) is 0. The maximum Gasteiger partial charge on any atom is 0.323 e. The van der Waals surface area contributed by atoms with Crippen molar-refractivity contribution in [2.24, 2.45) is 0 Å². The highest BCUT2D eigenvalue weighted by atomic mass is 32.2. The molecule has 0 aliphatic carbocycles. The van der Waals surface area contributed by atoms with Crippen molar-refractivity contribution in [2.75, 3.05) is 12.4 Å². The smallest absolute Gasteiger partial charge is 0.322 e. The van der Waals surface area contributed by atoms with Gasteiger partial charge in [0.15, 0.2) is 0 Å². The number of aromatic amines is 2. The molecule has 3 rings (SSSR count). The van der Waals surface area contributed by atoms with Crippen LogP contribution in [0, 0.1) is 6.92 Å². The van der Waals surface area contributed by atoms with E-state index < -0.39 is 15.9 Å². The lowest BCUT2D eigenvalue weighted by Gasteiger charge is -2.10. The first-order valence-electron chi connectivity index (χ1n) is 7.38. The summed E-state index contributed by atoms with van der Waals surface area (Å²) in [6, 6.07) is 9.27. The summed E-state index contributed by atoms with van der Waals surface area (Å²) in [5.41, 5.74) is 2.23. The summed E-state index contributed by atoms with van der Waals surface area (Å²) >= 11 is 0. The Hall–Kier alpha value is -2.91. The number of fused-ring (bicyclic) bond motifs is 1. The zero-order chi connectivity index (χ0) is 18.2. The highest BCUT2D eigenvalue weighted by Crippen LogP contribution is 2.19. The maximum atomic E-state index is 12.5. The van der Waals surface area contributed by atoms with E-state index in [-0.39, 0.29) is 16.1 Å². The molecule has 0 saturated heterocycles. The molecule has 4 N–H and O–H groups in total. The van der Waals surface area contributed by atoms with E-state index in [9.17, 15) is 18.0 Å². The van der Waals surface area contributed by atoms with Crippen LogP contribution in [0.5, 0.6) is 0 Å². The number of amides is 1. The molecule has 8 nitrogen and oxygen atoms in total. The van der Waals surface area contributed by atoms with Crippen molar-refractivity contribution in [1.82, 2.24) is 14.7 Å². The predicted molar refractivity (Wildman–Crippen MR) is 94.3 cm³/mol. The second-order valence-corrected chi connectivity index (χ2v) is 7.36. The van der Waals surface area contributed by atoms with Gasteiger partial charge in [-0.25, -0.2) is 17.9 Å². The Labute approximate surface area is 143 Å². The lowest BCUT2D eigenvalue weighted by molar-refractivity contribution is 0.102. The Bertz CT molecular complexity index is 1130. The van der Waals surface area contributed by atoms with E-state index in [1.165, 1.54) is 19.2 Å². The van der Waals surface area contributed by atoms with Crippen molar-refractivity contribution in [1.29, 1.82) is 0 Å². The molecule has 0 bridgehead atoms. The minimum Gasteiger partial charge on any atom is -0.322 e. The first-order chi connectivity index (χ1) is 11.8. The number of H-pyrrole nitrogens is 2. The summed E-state index contributed by atoms with van der Waals surface area (Å²) in [7, 11) is -2.34. The third-order valence-corrected chi connectivity index (χ3v) is 5.22. The van der Waals surface area contributed by atoms with E-state index in [2.05, 4.69) is 20.0 Å². The van der Waals surface area contributed by atoms with Gasteiger partial charge in [0, 0.05) is 11.3 Å². The van der Waals surface area contributed by atoms with Crippen LogP contribution >= 0.6 is 0 Å². The standard InChI is InChI=1S/C16H16N4O4S/c1-9-3-5-11(25(23,24)17-2)8-12(9)15(21)18-10-4-6-13-14(7-10)20-16(22)19-13/h3-8,17H,1-2H3,(H,18,21)(H2,19,20,22). The van der Waals surface area contributed by atoms with Crippen LogP contribution in [0.4, 0.5) is 5.69 Å². The van der Waals surface area contributed by atoms with E-state index >= 15 is 0 Å². The Morgan fingerprint density at radius 2 is 1.76 bits per heavy atom. The fourth-order valence-corrected chi connectivity index (χ4v) is 3.20. The molecular weight excluding hydrogens is 344 g/mol. The van der Waals surface area contributed by atoms with Gasteiger partial charge >= 0.3 is 5.69 Å². The number of benzene rings is 2. The van der Waals surface area contributed by atoms with Crippen LogP contribution < -0.4 is 15.7 Å². The molecule has 2 aromatic carbocycles. The number of hydrogen-bond acceptors (Lipinski definition) is 4. The lowest BCUT2D eigenvalue weighted by Crippen LogP contribution is -2.20. The average Bonchev–Trinajstić information content (AvgIpc) is 2.94. The van der Waals surface area contributed by atoms with Gasteiger partial charge < -0.3 is 15.3 Å². The Balaban J connectivity index is 1.94. The van der Waals surface area contributed by atoms with Crippen molar-refractivity contribution in [2.45, 2.75) is 11.8 Å². The minimum absolute atomic E-state index is 0.0103. The summed E-state index contributed by atoms with van der Waals surface area (Å²) in [4.78, 5) is 29.1. The molecule has 0 fully saturated rings. The SMILES string of the molecule is CNS(=O)(=O)c1ccc(C)c(C(=O)Nc2ccc3[nH]c(=O)[nH]c3c2)c1. The highest BCUT2D eigenvalue weighted by molar-refractivity contribution is 7.89. The molecule has 0 saturated carbocycles. The number of imidazole rings is 1. The van der Waals surface area contributed by atoms with Crippen LogP contribution in [-0.4, -0.2) is 31.3 Å². The molecule has 130 valence electrons. The van der Waals surface area contributed by atoms with E-state index in [0.717, 1.165) is 0 Å². The van der Waals surface area contributed by atoms with Gasteiger partial charge in [0.25, 0.3) is 5.91 Å². The molecule has 0 unspecified atom stereocenters. The second-order valence-electron chi connectivity index (χ2n) is 5.48. The van der Waals surface area contributed by atoms with Crippen LogP contribution in [-0.2, 0) is 10.0 Å². The van der Waals surface area contributed by atoms with Crippen molar-refractivity contribution in [3.63, 3.8) is 0 Å². The lowest BCUT2D eigenvalue weighted by atomic mass is 10.1. The van der Waals surface area contributed by atoms with E-state index in [1.807, 2.05) is 0 Å². The molecule has 0 aliphatic heterocycles. The molecule has 0 spiro atoms. The Morgan fingerprint density at radius 3 is 2.48 bits per heavy atom. The van der Waals surface area contributed by atoms with Crippen LogP contribution in [0.15, 0.2) is 46.1 Å². The van der Waals surface area contributed by atoms with Crippen LogP contribution in [0.2, 0.25) is 0 Å². The molecule has 1 aromatic heterocycles. The molecule has 0 radical (unpaired) electrons. The zero-order valence-electron chi connectivity index (χ0n) is 13.5. The fraction of sp³-hybridized carbons (Fsp3) is 0.125. The number of carbonyl (C=O) groups is 1. The first kappa shape index (κ1) is 16.9. The predicted octanol–water partition coefficient (Wildman–Crippen LogP) is 1.33. The fourth-order valence-electron chi connectivity index (χ4n) is 2.44. The van der Waals surface area contributed by atoms with Gasteiger partial charge in [-0.1, -0.05) is 6.07 Å². The number of sulfonamides is 1. The number of carbonyl (C=O) groups excluding carboxylic acids is 1. The van der Waals surface area contributed by atoms with E-state index in [4.69, 9.17) is 0 Å². The molecule has 1 heterocycles. The van der Waals surface area contributed by atoms with Gasteiger partial charge in [0.1, 0.15) is 0 Å². The van der Waals surface area contributed by atoms with Crippen LogP contribution in [0.25, 0.3) is 11.0 Å². The van der Waals surface area contributed by atoms with Crippen molar-refractivity contribution in [3.8, 4) is 0 Å². The monoisotopic (exact) mass is 360 g/mol. The third-order valence-electron chi connectivity index (χ3n) is 3.81. The first-order valence-corrected chi connectivity index (χ1v) is 8.86. The topological polar surface area (TPSA) is 124 Å². The zero-order valence-corrected chi connectivity index (χ0v) is 14.3. The van der Waals surface area contributed by atoms with Gasteiger partial charge in [0.2, 0.25) is 10.0 Å². The largest absolute Gasteiger partial charge is 0.323 e. The van der Waals surface area contributed by atoms with Crippen molar-refractivity contribution < 1.29 is 13.2 Å². The second kappa shape index (κ2) is 6.19. The van der Waals surface area contributed by atoms with E-state index in [1.54, 1.807) is 31.2 Å². The Kier molecular flexibility index (Phi) is 4.19. The number of nitrogens with one attached hydrogen (secondary N) is 4. The third kappa shape index (κ3) is 3.32. The van der Waals surface area contributed by atoms with Gasteiger partial charge in [-0.3, -0.25) is 4.79 Å². The van der Waals surface area contributed by atoms with Crippen LogP contribution in [0.1, 0.15) is 15.9 Å². The number of aryl methyl sites for hydroxylation is 1. The van der Waals surface area contributed by atoms with Gasteiger partial charge in [-0.2, -0.15) is 0 Å². The number of hydrogen-bond donors (Lipinski definition) is 4. The molecule has 1 amide bonds. The van der Waals surface area contributed by atoms with Crippen molar-refractivity contribution >= 4 is 32.7 Å². The maximum absolute atomic E-state index is 12.5.